The first kappa shape index (κ1) is 20.4. The molecule has 1 amide bonds. The maximum absolute atomic E-state index is 13.0. The summed E-state index contributed by atoms with van der Waals surface area (Å²) in [5, 5.41) is 20.8. The third kappa shape index (κ3) is 3.69. The fraction of sp³-hybridized carbons (Fsp3) is 0.0417. The van der Waals surface area contributed by atoms with Gasteiger partial charge in [0, 0.05) is 16.3 Å². The number of Topliss-reactive ketones (excluding diaryl/α,β-unsaturated/α-hetero) is 1. The van der Waals surface area contributed by atoms with Crippen LogP contribution >= 0.6 is 11.6 Å². The molecular formula is C24H16ClNO5. The Morgan fingerprint density at radius 3 is 2.13 bits per heavy atom. The average Bonchev–Trinajstić information content (AvgIpc) is 3.05. The molecule has 1 atom stereocenters. The molecule has 1 aliphatic heterocycles. The highest BCUT2D eigenvalue weighted by Gasteiger charge is 2.47. The fourth-order valence-electron chi connectivity index (χ4n) is 3.60. The van der Waals surface area contributed by atoms with E-state index in [1.807, 2.05) is 0 Å². The number of carbonyl (C=O) groups excluding carboxylic acids is 2. The van der Waals surface area contributed by atoms with E-state index >= 15 is 0 Å². The van der Waals surface area contributed by atoms with Crippen molar-refractivity contribution in [3.8, 4) is 0 Å². The van der Waals surface area contributed by atoms with Crippen molar-refractivity contribution >= 4 is 40.7 Å². The number of nitrogens with zero attached hydrogens (tertiary/aromatic N) is 1. The van der Waals surface area contributed by atoms with Gasteiger partial charge in [-0.05, 0) is 35.9 Å². The van der Waals surface area contributed by atoms with E-state index in [1.165, 1.54) is 23.1 Å². The van der Waals surface area contributed by atoms with Crippen LogP contribution in [0.5, 0.6) is 0 Å². The number of hydrogen-bond donors (Lipinski definition) is 2. The summed E-state index contributed by atoms with van der Waals surface area (Å²) >= 11 is 6.01. The molecule has 2 N–H and O–H groups in total. The quantitative estimate of drug-likeness (QED) is 0.354. The normalized spacial score (nSPS) is 17.7. The second kappa shape index (κ2) is 8.08. The number of aliphatic hydroxyl groups is 1. The van der Waals surface area contributed by atoms with Gasteiger partial charge in [0.25, 0.3) is 11.7 Å². The minimum atomic E-state index is -1.16. The lowest BCUT2D eigenvalue weighted by molar-refractivity contribution is -0.132. The number of aromatic carboxylic acids is 1. The van der Waals surface area contributed by atoms with Gasteiger partial charge in [0.05, 0.1) is 17.2 Å². The summed E-state index contributed by atoms with van der Waals surface area (Å²) in [6, 6.07) is 19.8. The van der Waals surface area contributed by atoms with Gasteiger partial charge in [-0.25, -0.2) is 4.79 Å². The molecule has 0 aromatic heterocycles. The van der Waals surface area contributed by atoms with Crippen molar-refractivity contribution in [2.45, 2.75) is 6.04 Å². The van der Waals surface area contributed by atoms with Crippen LogP contribution in [0.1, 0.15) is 27.5 Å². The minimum absolute atomic E-state index is 0.0303. The van der Waals surface area contributed by atoms with Crippen LogP contribution in [0.4, 0.5) is 5.69 Å². The zero-order chi connectivity index (χ0) is 22.1. The molecule has 1 fully saturated rings. The third-order valence-corrected chi connectivity index (χ3v) is 5.30. The smallest absolute Gasteiger partial charge is 0.335 e. The monoisotopic (exact) mass is 433 g/mol. The van der Waals surface area contributed by atoms with Gasteiger partial charge >= 0.3 is 5.97 Å². The Balaban J connectivity index is 1.95. The van der Waals surface area contributed by atoms with Crippen LogP contribution in [-0.4, -0.2) is 27.9 Å². The minimum Gasteiger partial charge on any atom is -0.507 e. The zero-order valence-electron chi connectivity index (χ0n) is 16.0. The number of hydrogen-bond acceptors (Lipinski definition) is 4. The average molecular weight is 434 g/mol. The van der Waals surface area contributed by atoms with Crippen LogP contribution < -0.4 is 4.90 Å². The first-order chi connectivity index (χ1) is 14.9. The fourth-order valence-corrected chi connectivity index (χ4v) is 3.73. The van der Waals surface area contributed by atoms with Crippen molar-refractivity contribution < 1.29 is 24.6 Å². The highest BCUT2D eigenvalue weighted by molar-refractivity contribution is 6.51. The summed E-state index contributed by atoms with van der Waals surface area (Å²) in [6.45, 7) is 0. The zero-order valence-corrected chi connectivity index (χ0v) is 16.8. The van der Waals surface area contributed by atoms with E-state index in [1.54, 1.807) is 60.7 Å². The first-order valence-corrected chi connectivity index (χ1v) is 9.71. The molecule has 1 saturated heterocycles. The summed E-state index contributed by atoms with van der Waals surface area (Å²) in [5.74, 6) is -3.19. The van der Waals surface area contributed by atoms with Gasteiger partial charge in [0.2, 0.25) is 0 Å². The van der Waals surface area contributed by atoms with Gasteiger partial charge < -0.3 is 10.2 Å². The summed E-state index contributed by atoms with van der Waals surface area (Å²) in [5.41, 5.74) is 1.05. The molecule has 0 spiro atoms. The van der Waals surface area contributed by atoms with Gasteiger partial charge in [-0.15, -0.1) is 0 Å². The molecule has 7 heteroatoms. The van der Waals surface area contributed by atoms with Crippen molar-refractivity contribution in [2.75, 3.05) is 4.90 Å². The second-order valence-electron chi connectivity index (χ2n) is 6.94. The molecular weight excluding hydrogens is 418 g/mol. The summed E-state index contributed by atoms with van der Waals surface area (Å²) in [7, 11) is 0. The Morgan fingerprint density at radius 1 is 0.839 bits per heavy atom. The van der Waals surface area contributed by atoms with E-state index in [2.05, 4.69) is 0 Å². The van der Waals surface area contributed by atoms with Crippen molar-refractivity contribution in [2.24, 2.45) is 0 Å². The number of rotatable bonds is 4. The molecule has 0 bridgehead atoms. The molecule has 4 rings (SSSR count). The van der Waals surface area contributed by atoms with Gasteiger partial charge in [-0.1, -0.05) is 60.1 Å². The van der Waals surface area contributed by atoms with E-state index < -0.39 is 23.7 Å². The van der Waals surface area contributed by atoms with Gasteiger partial charge in [0.15, 0.2) is 0 Å². The van der Waals surface area contributed by atoms with Gasteiger partial charge in [-0.3, -0.25) is 14.5 Å². The lowest BCUT2D eigenvalue weighted by atomic mass is 9.95. The second-order valence-corrected chi connectivity index (χ2v) is 7.38. The maximum atomic E-state index is 13.0. The van der Waals surface area contributed by atoms with Crippen LogP contribution in [0, 0.1) is 0 Å². The van der Waals surface area contributed by atoms with Crippen molar-refractivity contribution in [1.29, 1.82) is 0 Å². The Hall–Kier alpha value is -3.90. The molecule has 154 valence electrons. The summed E-state index contributed by atoms with van der Waals surface area (Å²) in [6.07, 6.45) is 0. The molecule has 3 aromatic carbocycles. The predicted molar refractivity (Wildman–Crippen MR) is 116 cm³/mol. The standard InChI is InChI=1S/C24H16ClNO5/c25-17-11-9-14(10-12-17)20-19(21(27)15-5-2-1-3-6-15)22(28)23(29)26(20)18-8-4-7-16(13-18)24(30)31/h1-13,20,27H,(H,30,31)/b21-19+/t20-/m0/s1. The number of amides is 1. The lowest BCUT2D eigenvalue weighted by Gasteiger charge is -2.25. The number of anilines is 1. The van der Waals surface area contributed by atoms with Crippen LogP contribution in [0.25, 0.3) is 5.76 Å². The molecule has 31 heavy (non-hydrogen) atoms. The van der Waals surface area contributed by atoms with Crippen molar-refractivity contribution in [3.63, 3.8) is 0 Å². The Bertz CT molecular complexity index is 1220. The number of carboxylic acids is 1. The molecule has 3 aromatic rings. The lowest BCUT2D eigenvalue weighted by Crippen LogP contribution is -2.29. The topological polar surface area (TPSA) is 94.9 Å². The first-order valence-electron chi connectivity index (χ1n) is 9.33. The van der Waals surface area contributed by atoms with E-state index in [0.717, 1.165) is 0 Å². The Labute approximate surface area is 182 Å². The number of carbonyl (C=O) groups is 3. The SMILES string of the molecule is O=C1C(=O)N(c2cccc(C(=O)O)c2)[C@@H](c2ccc(Cl)cc2)/C1=C(\O)c1ccccc1. The molecule has 0 saturated carbocycles. The Morgan fingerprint density at radius 2 is 1.48 bits per heavy atom. The van der Waals surface area contributed by atoms with Gasteiger partial charge in [0.1, 0.15) is 5.76 Å². The number of halogens is 1. The summed E-state index contributed by atoms with van der Waals surface area (Å²) < 4.78 is 0. The molecule has 6 nitrogen and oxygen atoms in total. The van der Waals surface area contributed by atoms with Crippen LogP contribution in [0.15, 0.2) is 84.4 Å². The molecule has 1 aliphatic rings. The third-order valence-electron chi connectivity index (χ3n) is 5.05. The highest BCUT2D eigenvalue weighted by atomic mass is 35.5. The van der Waals surface area contributed by atoms with E-state index in [4.69, 9.17) is 11.6 Å². The van der Waals surface area contributed by atoms with E-state index in [0.29, 0.717) is 16.1 Å². The molecule has 0 aliphatic carbocycles. The van der Waals surface area contributed by atoms with Crippen molar-refractivity contribution in [1.82, 2.24) is 0 Å². The van der Waals surface area contributed by atoms with Crippen LogP contribution in [0.2, 0.25) is 5.02 Å². The number of carboxylic acid groups (broad SMARTS) is 1. The van der Waals surface area contributed by atoms with Crippen LogP contribution in [0.3, 0.4) is 0 Å². The number of ketones is 1. The number of benzene rings is 3. The Kier molecular flexibility index (Phi) is 5.31. The van der Waals surface area contributed by atoms with Gasteiger partial charge in [-0.2, -0.15) is 0 Å². The number of aliphatic hydroxyl groups excluding tert-OH is 1. The molecule has 0 radical (unpaired) electrons. The maximum Gasteiger partial charge on any atom is 0.335 e. The molecule has 0 unspecified atom stereocenters. The van der Waals surface area contributed by atoms with E-state index in [-0.39, 0.29) is 22.6 Å². The van der Waals surface area contributed by atoms with Crippen LogP contribution in [-0.2, 0) is 9.59 Å². The van der Waals surface area contributed by atoms with Crippen molar-refractivity contribution in [3.05, 3.63) is 106 Å². The highest BCUT2D eigenvalue weighted by Crippen LogP contribution is 2.42. The predicted octanol–water partition coefficient (Wildman–Crippen LogP) is 4.66. The largest absolute Gasteiger partial charge is 0.507 e. The summed E-state index contributed by atoms with van der Waals surface area (Å²) in [4.78, 5) is 38.7. The molecule has 1 heterocycles. The van der Waals surface area contributed by atoms with E-state index in [9.17, 15) is 24.6 Å².